The summed E-state index contributed by atoms with van der Waals surface area (Å²) in [7, 11) is 0. The van der Waals surface area contributed by atoms with Crippen LogP contribution in [0.4, 0.5) is 0 Å². The lowest BCUT2D eigenvalue weighted by Gasteiger charge is -2.26. The number of hydrogen-bond donors (Lipinski definition) is 1. The molecule has 1 heterocycles. The summed E-state index contributed by atoms with van der Waals surface area (Å²) in [4.78, 5) is 22.9. The summed E-state index contributed by atoms with van der Waals surface area (Å²) in [5.74, 6) is 0.426. The van der Waals surface area contributed by atoms with Gasteiger partial charge in [-0.25, -0.2) is 0 Å². The third-order valence-electron chi connectivity index (χ3n) is 3.58. The molecule has 0 atom stereocenters. The minimum absolute atomic E-state index is 0.0288. The van der Waals surface area contributed by atoms with Crippen molar-refractivity contribution in [2.24, 2.45) is 5.92 Å². The monoisotopic (exact) mass is 250 g/mol. The number of aldehydes is 1. The number of carbonyl (C=O) groups excluding carboxylic acids is 2. The lowest BCUT2D eigenvalue weighted by Crippen LogP contribution is -2.37. The van der Waals surface area contributed by atoms with E-state index in [1.54, 1.807) is 6.92 Å². The van der Waals surface area contributed by atoms with Crippen LogP contribution in [-0.2, 0) is 0 Å². The van der Waals surface area contributed by atoms with Crippen molar-refractivity contribution in [3.05, 3.63) is 17.0 Å². The van der Waals surface area contributed by atoms with Crippen LogP contribution in [0.15, 0.2) is 4.52 Å². The van der Waals surface area contributed by atoms with E-state index in [2.05, 4.69) is 17.4 Å². The molecule has 0 aromatic carbocycles. The molecule has 2 rings (SSSR count). The fourth-order valence-electron chi connectivity index (χ4n) is 2.33. The molecule has 18 heavy (non-hydrogen) atoms. The molecule has 1 amide bonds. The molecule has 5 heteroatoms. The summed E-state index contributed by atoms with van der Waals surface area (Å²) >= 11 is 0. The van der Waals surface area contributed by atoms with Crippen LogP contribution in [-0.4, -0.2) is 23.4 Å². The van der Waals surface area contributed by atoms with E-state index in [9.17, 15) is 9.59 Å². The van der Waals surface area contributed by atoms with Gasteiger partial charge in [0.05, 0.1) is 11.3 Å². The number of aromatic nitrogens is 1. The maximum Gasteiger partial charge on any atom is 0.290 e. The summed E-state index contributed by atoms with van der Waals surface area (Å²) in [6.07, 6.45) is 4.83. The zero-order valence-corrected chi connectivity index (χ0v) is 10.7. The Morgan fingerprint density at radius 2 is 2.06 bits per heavy atom. The summed E-state index contributed by atoms with van der Waals surface area (Å²) < 4.78 is 4.92. The third kappa shape index (κ3) is 2.60. The van der Waals surface area contributed by atoms with Crippen LogP contribution < -0.4 is 5.32 Å². The predicted octanol–water partition coefficient (Wildman–Crippen LogP) is 2.10. The quantitative estimate of drug-likeness (QED) is 0.834. The first-order valence-corrected chi connectivity index (χ1v) is 6.34. The Bertz CT molecular complexity index is 445. The van der Waals surface area contributed by atoms with E-state index in [1.165, 1.54) is 0 Å². The maximum absolute atomic E-state index is 12.0. The van der Waals surface area contributed by atoms with E-state index in [0.29, 0.717) is 12.0 Å². The second-order valence-corrected chi connectivity index (χ2v) is 5.06. The second-order valence-electron chi connectivity index (χ2n) is 5.06. The molecule has 1 aliphatic rings. The Labute approximate surface area is 106 Å². The van der Waals surface area contributed by atoms with Gasteiger partial charge >= 0.3 is 0 Å². The lowest BCUT2D eigenvalue weighted by atomic mass is 9.87. The smallest absolute Gasteiger partial charge is 0.290 e. The zero-order chi connectivity index (χ0) is 13.1. The van der Waals surface area contributed by atoms with Crippen molar-refractivity contribution >= 4 is 12.2 Å². The van der Waals surface area contributed by atoms with Crippen LogP contribution in [0, 0.1) is 12.8 Å². The number of nitrogens with one attached hydrogen (secondary N) is 1. The van der Waals surface area contributed by atoms with Gasteiger partial charge in [-0.1, -0.05) is 12.1 Å². The molecule has 1 aromatic heterocycles. The summed E-state index contributed by atoms with van der Waals surface area (Å²) in [6, 6.07) is 0.179. The first kappa shape index (κ1) is 12.8. The van der Waals surface area contributed by atoms with Gasteiger partial charge in [-0.15, -0.1) is 0 Å². The first-order valence-electron chi connectivity index (χ1n) is 6.34. The van der Waals surface area contributed by atoms with Gasteiger partial charge in [0.2, 0.25) is 5.76 Å². The Morgan fingerprint density at radius 3 is 2.67 bits per heavy atom. The molecule has 0 radical (unpaired) electrons. The van der Waals surface area contributed by atoms with E-state index in [0.717, 1.165) is 31.6 Å². The van der Waals surface area contributed by atoms with Crippen molar-refractivity contribution in [2.45, 2.75) is 45.6 Å². The van der Waals surface area contributed by atoms with Gasteiger partial charge in [-0.2, -0.15) is 0 Å². The molecule has 1 saturated carbocycles. The average Bonchev–Trinajstić information content (AvgIpc) is 2.73. The van der Waals surface area contributed by atoms with Crippen LogP contribution in [0.3, 0.4) is 0 Å². The van der Waals surface area contributed by atoms with Crippen LogP contribution in [0.25, 0.3) is 0 Å². The number of carbonyl (C=O) groups is 2. The van der Waals surface area contributed by atoms with E-state index in [4.69, 9.17) is 4.52 Å². The molecule has 1 aromatic rings. The fraction of sp³-hybridized carbons (Fsp3) is 0.615. The Kier molecular flexibility index (Phi) is 3.79. The van der Waals surface area contributed by atoms with E-state index < -0.39 is 0 Å². The lowest BCUT2D eigenvalue weighted by molar-refractivity contribution is 0.0880. The van der Waals surface area contributed by atoms with Crippen LogP contribution in [0.5, 0.6) is 0 Å². The van der Waals surface area contributed by atoms with Crippen molar-refractivity contribution < 1.29 is 14.1 Å². The van der Waals surface area contributed by atoms with Gasteiger partial charge in [-0.3, -0.25) is 9.59 Å². The van der Waals surface area contributed by atoms with Crippen LogP contribution >= 0.6 is 0 Å². The molecule has 5 nitrogen and oxygen atoms in total. The molecule has 0 unspecified atom stereocenters. The summed E-state index contributed by atoms with van der Waals surface area (Å²) in [5.41, 5.74) is 0.698. The molecule has 0 bridgehead atoms. The minimum Gasteiger partial charge on any atom is -0.350 e. The van der Waals surface area contributed by atoms with Gasteiger partial charge in [0, 0.05) is 6.04 Å². The SMILES string of the molecule is Cc1noc(C(=O)NC2CCC(C)CC2)c1C=O. The largest absolute Gasteiger partial charge is 0.350 e. The molecular formula is C13H18N2O3. The Balaban J connectivity index is 2.01. The highest BCUT2D eigenvalue weighted by Crippen LogP contribution is 2.23. The standard InChI is InChI=1S/C13H18N2O3/c1-8-3-5-10(6-4-8)14-13(17)12-11(7-16)9(2)15-18-12/h7-8,10H,3-6H2,1-2H3,(H,14,17). The molecule has 98 valence electrons. The van der Waals surface area contributed by atoms with E-state index in [1.807, 2.05) is 0 Å². The van der Waals surface area contributed by atoms with Gasteiger partial charge in [0.1, 0.15) is 0 Å². The normalized spacial score (nSPS) is 23.7. The number of nitrogens with zero attached hydrogens (tertiary/aromatic N) is 1. The third-order valence-corrected chi connectivity index (χ3v) is 3.58. The number of aryl methyl sites for hydroxylation is 1. The van der Waals surface area contributed by atoms with Crippen LogP contribution in [0.1, 0.15) is 59.2 Å². The topological polar surface area (TPSA) is 72.2 Å². The van der Waals surface area contributed by atoms with Crippen molar-refractivity contribution in [3.8, 4) is 0 Å². The Morgan fingerprint density at radius 1 is 1.39 bits per heavy atom. The Hall–Kier alpha value is -1.65. The van der Waals surface area contributed by atoms with E-state index >= 15 is 0 Å². The van der Waals surface area contributed by atoms with Crippen LogP contribution in [0.2, 0.25) is 0 Å². The number of rotatable bonds is 3. The second kappa shape index (κ2) is 5.33. The average molecular weight is 250 g/mol. The highest BCUT2D eigenvalue weighted by Gasteiger charge is 2.24. The van der Waals surface area contributed by atoms with Gasteiger partial charge in [0.15, 0.2) is 6.29 Å². The first-order chi connectivity index (χ1) is 8.61. The van der Waals surface area contributed by atoms with Crippen molar-refractivity contribution in [3.63, 3.8) is 0 Å². The van der Waals surface area contributed by atoms with Gasteiger partial charge < -0.3 is 9.84 Å². The predicted molar refractivity (Wildman–Crippen MR) is 65.5 cm³/mol. The number of hydrogen-bond acceptors (Lipinski definition) is 4. The van der Waals surface area contributed by atoms with Gasteiger partial charge in [0.25, 0.3) is 5.91 Å². The molecule has 0 spiro atoms. The highest BCUT2D eigenvalue weighted by atomic mass is 16.5. The number of amides is 1. The molecule has 0 saturated heterocycles. The molecule has 1 fully saturated rings. The summed E-state index contributed by atoms with van der Waals surface area (Å²) in [5, 5.41) is 6.56. The maximum atomic E-state index is 12.0. The molecule has 0 aliphatic heterocycles. The van der Waals surface area contributed by atoms with E-state index in [-0.39, 0.29) is 23.3 Å². The van der Waals surface area contributed by atoms with Crippen molar-refractivity contribution in [1.82, 2.24) is 10.5 Å². The molecule has 1 N–H and O–H groups in total. The highest BCUT2D eigenvalue weighted by molar-refractivity contribution is 5.99. The van der Waals surface area contributed by atoms with Crippen molar-refractivity contribution in [1.29, 1.82) is 0 Å². The fourth-order valence-corrected chi connectivity index (χ4v) is 2.33. The molecular weight excluding hydrogens is 232 g/mol. The molecule has 1 aliphatic carbocycles. The summed E-state index contributed by atoms with van der Waals surface area (Å²) in [6.45, 7) is 3.87. The minimum atomic E-state index is -0.336. The van der Waals surface area contributed by atoms with Crippen molar-refractivity contribution in [2.75, 3.05) is 0 Å². The van der Waals surface area contributed by atoms with Gasteiger partial charge in [-0.05, 0) is 38.5 Å². The zero-order valence-electron chi connectivity index (χ0n) is 10.7.